The molecule has 1 heterocycles. The zero-order valence-corrected chi connectivity index (χ0v) is 14.9. The Balaban J connectivity index is 2.54. The zero-order chi connectivity index (χ0) is 14.7. The van der Waals surface area contributed by atoms with Crippen LogP contribution in [0.15, 0.2) is 24.3 Å². The van der Waals surface area contributed by atoms with Crippen molar-refractivity contribution in [1.29, 1.82) is 0 Å². The molecule has 2 aromatic rings. The highest BCUT2D eigenvalue weighted by molar-refractivity contribution is 14.1. The molecule has 4 heteroatoms. The van der Waals surface area contributed by atoms with Crippen molar-refractivity contribution in [3.63, 3.8) is 0 Å². The zero-order valence-electron chi connectivity index (χ0n) is 12.0. The molecular weight excluding hydrogens is 383 g/mol. The van der Waals surface area contributed by atoms with E-state index in [9.17, 15) is 0 Å². The molecule has 0 aliphatic rings. The summed E-state index contributed by atoms with van der Waals surface area (Å²) >= 11 is 8.52. The Kier molecular flexibility index (Phi) is 5.38. The summed E-state index contributed by atoms with van der Waals surface area (Å²) in [6.07, 6.45) is 1.88. The van der Waals surface area contributed by atoms with Gasteiger partial charge in [0.1, 0.15) is 5.15 Å². The van der Waals surface area contributed by atoms with Crippen LogP contribution in [0.4, 0.5) is 0 Å². The maximum atomic E-state index is 6.29. The van der Waals surface area contributed by atoms with Crippen LogP contribution in [0.2, 0.25) is 5.15 Å². The summed E-state index contributed by atoms with van der Waals surface area (Å²) in [4.78, 5) is 9.22. The molecule has 1 aromatic carbocycles. The number of halogens is 2. The molecule has 0 saturated carbocycles. The van der Waals surface area contributed by atoms with Crippen molar-refractivity contribution >= 4 is 34.2 Å². The fourth-order valence-electron chi connectivity index (χ4n) is 2.15. The SMILES string of the molecule is CCc1ccccc1-c1nc(Cl)c(I)c(CC(C)C)n1. The Morgan fingerprint density at radius 1 is 1.20 bits per heavy atom. The summed E-state index contributed by atoms with van der Waals surface area (Å²) in [6.45, 7) is 6.51. The lowest BCUT2D eigenvalue weighted by Crippen LogP contribution is -2.05. The van der Waals surface area contributed by atoms with E-state index in [2.05, 4.69) is 60.5 Å². The molecule has 0 saturated heterocycles. The fraction of sp³-hybridized carbons (Fsp3) is 0.375. The molecule has 20 heavy (non-hydrogen) atoms. The molecule has 1 aromatic heterocycles. The van der Waals surface area contributed by atoms with Crippen molar-refractivity contribution in [2.45, 2.75) is 33.6 Å². The standard InChI is InChI=1S/C16H18ClIN2/c1-4-11-7-5-6-8-12(11)16-19-13(9-10(2)3)14(18)15(17)20-16/h5-8,10H,4,9H2,1-3H3. The van der Waals surface area contributed by atoms with Gasteiger partial charge in [-0.05, 0) is 46.9 Å². The number of rotatable bonds is 4. The van der Waals surface area contributed by atoms with Gasteiger partial charge in [-0.15, -0.1) is 0 Å². The van der Waals surface area contributed by atoms with Gasteiger partial charge in [-0.3, -0.25) is 0 Å². The fourth-order valence-corrected chi connectivity index (χ4v) is 2.80. The van der Waals surface area contributed by atoms with Crippen molar-refractivity contribution in [3.8, 4) is 11.4 Å². The van der Waals surface area contributed by atoms with Gasteiger partial charge in [0.05, 0.1) is 9.26 Å². The minimum absolute atomic E-state index is 0.545. The van der Waals surface area contributed by atoms with Gasteiger partial charge in [0, 0.05) is 5.56 Å². The average Bonchev–Trinajstić information content (AvgIpc) is 2.43. The lowest BCUT2D eigenvalue weighted by atomic mass is 10.0. The van der Waals surface area contributed by atoms with Crippen molar-refractivity contribution in [3.05, 3.63) is 44.2 Å². The quantitative estimate of drug-likeness (QED) is 0.523. The highest BCUT2D eigenvalue weighted by Crippen LogP contribution is 2.27. The molecule has 0 N–H and O–H groups in total. The Hall–Kier alpha value is -0.680. The highest BCUT2D eigenvalue weighted by Gasteiger charge is 2.14. The van der Waals surface area contributed by atoms with E-state index in [-0.39, 0.29) is 0 Å². The normalized spacial score (nSPS) is 11.1. The van der Waals surface area contributed by atoms with Gasteiger partial charge in [0.15, 0.2) is 5.82 Å². The van der Waals surface area contributed by atoms with Crippen LogP contribution in [0.25, 0.3) is 11.4 Å². The molecule has 0 atom stereocenters. The molecule has 0 unspecified atom stereocenters. The third-order valence-corrected chi connectivity index (χ3v) is 4.85. The van der Waals surface area contributed by atoms with Gasteiger partial charge >= 0.3 is 0 Å². The molecule has 0 aliphatic heterocycles. The van der Waals surface area contributed by atoms with Gasteiger partial charge in [0.2, 0.25) is 0 Å². The lowest BCUT2D eigenvalue weighted by molar-refractivity contribution is 0.632. The maximum Gasteiger partial charge on any atom is 0.161 e. The molecule has 0 amide bonds. The molecule has 0 aliphatic carbocycles. The van der Waals surface area contributed by atoms with Crippen LogP contribution in [0.5, 0.6) is 0 Å². The number of hydrogen-bond acceptors (Lipinski definition) is 2. The van der Waals surface area contributed by atoms with Gasteiger partial charge in [-0.1, -0.05) is 56.6 Å². The third-order valence-electron chi connectivity index (χ3n) is 3.12. The highest BCUT2D eigenvalue weighted by atomic mass is 127. The van der Waals surface area contributed by atoms with Crippen LogP contribution in [-0.2, 0) is 12.8 Å². The van der Waals surface area contributed by atoms with Crippen molar-refractivity contribution in [2.75, 3.05) is 0 Å². The van der Waals surface area contributed by atoms with Crippen LogP contribution in [0, 0.1) is 9.49 Å². The molecule has 0 spiro atoms. The Bertz CT molecular complexity index is 611. The predicted octanol–water partition coefficient (Wildman–Crippen LogP) is 5.16. The van der Waals surface area contributed by atoms with Crippen LogP contribution < -0.4 is 0 Å². The molecule has 0 bridgehead atoms. The molecule has 106 valence electrons. The number of benzene rings is 1. The third kappa shape index (κ3) is 3.50. The number of aromatic nitrogens is 2. The smallest absolute Gasteiger partial charge is 0.161 e. The van der Waals surface area contributed by atoms with E-state index in [0.717, 1.165) is 33.5 Å². The van der Waals surface area contributed by atoms with Crippen LogP contribution in [-0.4, -0.2) is 9.97 Å². The maximum absolute atomic E-state index is 6.29. The summed E-state index contributed by atoms with van der Waals surface area (Å²) < 4.78 is 0.968. The predicted molar refractivity (Wildman–Crippen MR) is 93.1 cm³/mol. The van der Waals surface area contributed by atoms with Crippen LogP contribution in [0.1, 0.15) is 32.0 Å². The Labute approximate surface area is 139 Å². The summed E-state index contributed by atoms with van der Waals surface area (Å²) in [5, 5.41) is 0.553. The van der Waals surface area contributed by atoms with Crippen molar-refractivity contribution in [1.82, 2.24) is 9.97 Å². The number of aryl methyl sites for hydroxylation is 1. The van der Waals surface area contributed by atoms with E-state index >= 15 is 0 Å². The van der Waals surface area contributed by atoms with Crippen LogP contribution >= 0.6 is 34.2 Å². The second-order valence-electron chi connectivity index (χ2n) is 5.21. The van der Waals surface area contributed by atoms with Gasteiger partial charge in [-0.2, -0.15) is 0 Å². The summed E-state index contributed by atoms with van der Waals surface area (Å²) in [7, 11) is 0. The molecule has 0 fully saturated rings. The molecule has 0 radical (unpaired) electrons. The van der Waals surface area contributed by atoms with Gasteiger partial charge in [0.25, 0.3) is 0 Å². The summed E-state index contributed by atoms with van der Waals surface area (Å²) in [5.41, 5.74) is 3.38. The average molecular weight is 401 g/mol. The van der Waals surface area contributed by atoms with E-state index in [1.165, 1.54) is 5.56 Å². The molecule has 2 rings (SSSR count). The summed E-state index contributed by atoms with van der Waals surface area (Å²) in [6, 6.07) is 8.25. The largest absolute Gasteiger partial charge is 0.232 e. The number of hydrogen-bond donors (Lipinski definition) is 0. The Morgan fingerprint density at radius 3 is 2.55 bits per heavy atom. The second kappa shape index (κ2) is 6.85. The summed E-state index contributed by atoms with van der Waals surface area (Å²) in [5.74, 6) is 1.28. The first kappa shape index (κ1) is 15.7. The van der Waals surface area contributed by atoms with E-state index < -0.39 is 0 Å². The second-order valence-corrected chi connectivity index (χ2v) is 6.64. The van der Waals surface area contributed by atoms with Crippen LogP contribution in [0.3, 0.4) is 0 Å². The topological polar surface area (TPSA) is 25.8 Å². The van der Waals surface area contributed by atoms with Gasteiger partial charge in [-0.25, -0.2) is 9.97 Å². The van der Waals surface area contributed by atoms with E-state index in [1.807, 2.05) is 12.1 Å². The first-order valence-corrected chi connectivity index (χ1v) is 8.28. The monoisotopic (exact) mass is 400 g/mol. The number of nitrogens with zero attached hydrogens (tertiary/aromatic N) is 2. The first-order chi connectivity index (χ1) is 9.52. The molecule has 2 nitrogen and oxygen atoms in total. The molecular formula is C16H18ClIN2. The minimum atomic E-state index is 0.545. The van der Waals surface area contributed by atoms with Crippen molar-refractivity contribution < 1.29 is 0 Å². The van der Waals surface area contributed by atoms with Gasteiger partial charge < -0.3 is 0 Å². The first-order valence-electron chi connectivity index (χ1n) is 6.83. The van der Waals surface area contributed by atoms with E-state index in [1.54, 1.807) is 0 Å². The minimum Gasteiger partial charge on any atom is -0.232 e. The lowest BCUT2D eigenvalue weighted by Gasteiger charge is -2.12. The van der Waals surface area contributed by atoms with Crippen molar-refractivity contribution in [2.24, 2.45) is 5.92 Å². The Morgan fingerprint density at radius 2 is 1.90 bits per heavy atom. The van der Waals surface area contributed by atoms with E-state index in [0.29, 0.717) is 11.1 Å². The van der Waals surface area contributed by atoms with E-state index in [4.69, 9.17) is 16.6 Å².